The van der Waals surface area contributed by atoms with Crippen LogP contribution in [0.1, 0.15) is 32.8 Å². The van der Waals surface area contributed by atoms with Gasteiger partial charge in [0.2, 0.25) is 0 Å². The number of ketones is 1. The number of nitrogens with one attached hydrogen (secondary N) is 1. The second-order valence-electron chi connectivity index (χ2n) is 6.82. The van der Waals surface area contributed by atoms with Crippen LogP contribution in [0.4, 0.5) is 0 Å². The van der Waals surface area contributed by atoms with Gasteiger partial charge < -0.3 is 9.88 Å². The molecule has 0 unspecified atom stereocenters. The Bertz CT molecular complexity index is 1200. The fourth-order valence-corrected chi connectivity index (χ4v) is 4.35. The van der Waals surface area contributed by atoms with Crippen molar-refractivity contribution < 1.29 is 9.59 Å². The first-order valence-corrected chi connectivity index (χ1v) is 9.84. The van der Waals surface area contributed by atoms with E-state index in [0.717, 1.165) is 39.6 Å². The molecule has 6 heteroatoms. The lowest BCUT2D eigenvalue weighted by atomic mass is 10.0. The fraction of sp³-hybridized carbons (Fsp3) is 0.190. The van der Waals surface area contributed by atoms with Crippen molar-refractivity contribution in [3.8, 4) is 0 Å². The number of rotatable bonds is 3. The van der Waals surface area contributed by atoms with E-state index in [1.807, 2.05) is 52.5 Å². The Morgan fingerprint density at radius 3 is 3.04 bits per heavy atom. The van der Waals surface area contributed by atoms with Gasteiger partial charge >= 0.3 is 0 Å². The van der Waals surface area contributed by atoms with Crippen molar-refractivity contribution in [2.75, 3.05) is 6.54 Å². The first-order chi connectivity index (χ1) is 13.2. The van der Waals surface area contributed by atoms with Crippen LogP contribution < -0.4 is 5.32 Å². The molecule has 2 aromatic carbocycles. The van der Waals surface area contributed by atoms with Crippen molar-refractivity contribution in [1.82, 2.24) is 14.9 Å². The van der Waals surface area contributed by atoms with Crippen LogP contribution in [-0.2, 0) is 13.0 Å². The molecule has 134 valence electrons. The van der Waals surface area contributed by atoms with Crippen LogP contribution in [0.3, 0.4) is 0 Å². The largest absolute Gasteiger partial charge is 0.351 e. The highest BCUT2D eigenvalue weighted by Gasteiger charge is 2.19. The van der Waals surface area contributed by atoms with E-state index < -0.39 is 0 Å². The van der Waals surface area contributed by atoms with Crippen LogP contribution in [0.25, 0.3) is 21.1 Å². The lowest BCUT2D eigenvalue weighted by Gasteiger charge is -2.07. The molecule has 0 saturated heterocycles. The Morgan fingerprint density at radius 1 is 1.19 bits per heavy atom. The Morgan fingerprint density at radius 2 is 2.11 bits per heavy atom. The molecule has 0 aliphatic carbocycles. The van der Waals surface area contributed by atoms with Gasteiger partial charge in [0.05, 0.1) is 15.7 Å². The van der Waals surface area contributed by atoms with Crippen LogP contribution in [0.15, 0.2) is 48.0 Å². The fourth-order valence-electron chi connectivity index (χ4n) is 3.69. The van der Waals surface area contributed by atoms with Gasteiger partial charge in [0.15, 0.2) is 5.78 Å². The lowest BCUT2D eigenvalue weighted by Crippen LogP contribution is -2.22. The molecule has 0 fully saturated rings. The van der Waals surface area contributed by atoms with Crippen molar-refractivity contribution in [3.05, 3.63) is 64.8 Å². The number of nitrogens with zero attached hydrogens (tertiary/aromatic N) is 2. The number of fused-ring (bicyclic) bond motifs is 4. The van der Waals surface area contributed by atoms with E-state index in [9.17, 15) is 9.59 Å². The van der Waals surface area contributed by atoms with Gasteiger partial charge in [-0.3, -0.25) is 9.59 Å². The lowest BCUT2D eigenvalue weighted by molar-refractivity contribution is 0.0950. The normalized spacial score (nSPS) is 14.1. The maximum atomic E-state index is 12.8. The predicted molar refractivity (Wildman–Crippen MR) is 107 cm³/mol. The number of carbonyl (C=O) groups is 2. The van der Waals surface area contributed by atoms with Gasteiger partial charge in [0.1, 0.15) is 5.69 Å². The number of amides is 1. The van der Waals surface area contributed by atoms with Gasteiger partial charge in [0.25, 0.3) is 5.91 Å². The van der Waals surface area contributed by atoms with E-state index in [1.54, 1.807) is 11.3 Å². The van der Waals surface area contributed by atoms with Crippen molar-refractivity contribution >= 4 is 44.1 Å². The van der Waals surface area contributed by atoms with Gasteiger partial charge in [0, 0.05) is 36.0 Å². The highest BCUT2D eigenvalue weighted by atomic mass is 32.1. The summed E-state index contributed by atoms with van der Waals surface area (Å²) in [6.45, 7) is 1.45. The minimum Gasteiger partial charge on any atom is -0.351 e. The molecule has 5 rings (SSSR count). The van der Waals surface area contributed by atoms with E-state index in [1.165, 1.54) is 0 Å². The zero-order valence-electron chi connectivity index (χ0n) is 14.6. The predicted octanol–water partition coefficient (Wildman–Crippen LogP) is 3.81. The molecule has 0 saturated carbocycles. The van der Waals surface area contributed by atoms with Crippen molar-refractivity contribution in [3.63, 3.8) is 0 Å². The third kappa shape index (κ3) is 2.82. The first-order valence-electron chi connectivity index (χ1n) is 8.96. The molecular formula is C21H17N3O2S. The standard InChI is InChI=1S/C21H17N3O2S/c25-19(9-13-2-5-20-16(8-13)23-12-27-20)15-4-3-14-10-18-21(26)22-6-1-7-24(18)17(14)11-15/h2-5,8,10-12H,1,6-7,9H2,(H,22,26). The van der Waals surface area contributed by atoms with Crippen LogP contribution in [0.5, 0.6) is 0 Å². The molecule has 1 amide bonds. The molecule has 1 N–H and O–H groups in total. The Balaban J connectivity index is 1.49. The van der Waals surface area contributed by atoms with Gasteiger partial charge in [-0.05, 0) is 36.2 Å². The molecular weight excluding hydrogens is 358 g/mol. The average molecular weight is 375 g/mol. The highest BCUT2D eigenvalue weighted by molar-refractivity contribution is 7.16. The van der Waals surface area contributed by atoms with E-state index >= 15 is 0 Å². The highest BCUT2D eigenvalue weighted by Crippen LogP contribution is 2.25. The topological polar surface area (TPSA) is 64.0 Å². The smallest absolute Gasteiger partial charge is 0.267 e. The number of thiazole rings is 1. The number of hydrogen-bond donors (Lipinski definition) is 1. The summed E-state index contributed by atoms with van der Waals surface area (Å²) in [4.78, 5) is 29.4. The maximum Gasteiger partial charge on any atom is 0.267 e. The molecule has 0 radical (unpaired) electrons. The molecule has 1 aliphatic heterocycles. The van der Waals surface area contributed by atoms with Crippen LogP contribution in [0.2, 0.25) is 0 Å². The Hall–Kier alpha value is -2.99. The Kier molecular flexibility index (Phi) is 3.79. The molecule has 0 atom stereocenters. The second-order valence-corrected chi connectivity index (χ2v) is 7.71. The summed E-state index contributed by atoms with van der Waals surface area (Å²) in [6.07, 6.45) is 1.22. The number of aryl methyl sites for hydroxylation is 1. The Labute approximate surface area is 159 Å². The van der Waals surface area contributed by atoms with Crippen LogP contribution in [-0.4, -0.2) is 27.8 Å². The molecule has 1 aliphatic rings. The summed E-state index contributed by atoms with van der Waals surface area (Å²) in [6, 6.07) is 13.6. The summed E-state index contributed by atoms with van der Waals surface area (Å²) in [7, 11) is 0. The minimum absolute atomic E-state index is 0.0480. The maximum absolute atomic E-state index is 12.8. The van der Waals surface area contributed by atoms with Gasteiger partial charge in [-0.15, -0.1) is 11.3 Å². The van der Waals surface area contributed by atoms with E-state index in [-0.39, 0.29) is 11.7 Å². The SMILES string of the molecule is O=C(Cc1ccc2scnc2c1)c1ccc2cc3n(c2c1)CCCNC3=O. The summed E-state index contributed by atoms with van der Waals surface area (Å²) in [5.74, 6) is 0.0215. The summed E-state index contributed by atoms with van der Waals surface area (Å²) >= 11 is 1.60. The molecule has 0 bridgehead atoms. The third-order valence-corrected chi connectivity index (χ3v) is 5.87. The first kappa shape index (κ1) is 16.2. The zero-order chi connectivity index (χ0) is 18.4. The molecule has 3 heterocycles. The number of aromatic nitrogens is 2. The third-order valence-electron chi connectivity index (χ3n) is 5.06. The van der Waals surface area contributed by atoms with Gasteiger partial charge in [-0.25, -0.2) is 4.98 Å². The number of benzene rings is 2. The van der Waals surface area contributed by atoms with Crippen molar-refractivity contribution in [1.29, 1.82) is 0 Å². The molecule has 4 aromatic rings. The van der Waals surface area contributed by atoms with Crippen LogP contribution in [0, 0.1) is 0 Å². The molecule has 5 nitrogen and oxygen atoms in total. The average Bonchev–Trinajstić information content (AvgIpc) is 3.24. The summed E-state index contributed by atoms with van der Waals surface area (Å²) < 4.78 is 3.15. The van der Waals surface area contributed by atoms with E-state index in [4.69, 9.17) is 0 Å². The quantitative estimate of drug-likeness (QED) is 0.554. The summed E-state index contributed by atoms with van der Waals surface area (Å²) in [5.41, 5.74) is 6.00. The molecule has 27 heavy (non-hydrogen) atoms. The van der Waals surface area contributed by atoms with Gasteiger partial charge in [-0.2, -0.15) is 0 Å². The number of hydrogen-bond acceptors (Lipinski definition) is 4. The van der Waals surface area contributed by atoms with Gasteiger partial charge in [-0.1, -0.05) is 18.2 Å². The zero-order valence-corrected chi connectivity index (χ0v) is 15.4. The van der Waals surface area contributed by atoms with E-state index in [2.05, 4.69) is 10.3 Å². The number of carbonyl (C=O) groups excluding carboxylic acids is 2. The minimum atomic E-state index is -0.0480. The van der Waals surface area contributed by atoms with E-state index in [0.29, 0.717) is 24.2 Å². The number of Topliss-reactive ketones (excluding diaryl/α,β-unsaturated/α-hetero) is 1. The van der Waals surface area contributed by atoms with Crippen molar-refractivity contribution in [2.45, 2.75) is 19.4 Å². The molecule has 0 spiro atoms. The molecule has 2 aromatic heterocycles. The van der Waals surface area contributed by atoms with Crippen LogP contribution >= 0.6 is 11.3 Å². The summed E-state index contributed by atoms with van der Waals surface area (Å²) in [5, 5.41) is 3.90. The monoisotopic (exact) mass is 375 g/mol. The van der Waals surface area contributed by atoms with Crippen molar-refractivity contribution in [2.24, 2.45) is 0 Å². The second kappa shape index (κ2) is 6.32.